The maximum Gasteiger partial charge on any atom is 0.306 e. The topological polar surface area (TPSA) is 78.9 Å². The van der Waals surface area contributed by atoms with Gasteiger partial charge in [0.1, 0.15) is 12.4 Å². The van der Waals surface area contributed by atoms with Crippen LogP contribution in [0.5, 0.6) is 5.75 Å². The van der Waals surface area contributed by atoms with Gasteiger partial charge in [-0.05, 0) is 49.5 Å². The number of aliphatic carboxylic acids is 1. The van der Waals surface area contributed by atoms with Crippen LogP contribution in [0.4, 0.5) is 0 Å². The van der Waals surface area contributed by atoms with Crippen molar-refractivity contribution in [2.75, 3.05) is 32.8 Å². The summed E-state index contributed by atoms with van der Waals surface area (Å²) in [4.78, 5) is 24.8. The standard InChI is InChI=1S/C19H28N2O4/c1-14(2)15-3-5-17(6-4-15)25-12-9-20-18(22)13-21-10-7-16(8-11-21)19(23)24/h3-6,14,16H,7-13H2,1-2H3,(H,20,22)(H,23,24). The molecule has 0 unspecified atom stereocenters. The summed E-state index contributed by atoms with van der Waals surface area (Å²) in [7, 11) is 0. The molecule has 1 fully saturated rings. The van der Waals surface area contributed by atoms with Gasteiger partial charge in [-0.2, -0.15) is 0 Å². The highest BCUT2D eigenvalue weighted by Gasteiger charge is 2.25. The van der Waals surface area contributed by atoms with Crippen LogP contribution in [0.3, 0.4) is 0 Å². The minimum atomic E-state index is -0.734. The Balaban J connectivity index is 1.60. The number of nitrogens with zero attached hydrogens (tertiary/aromatic N) is 1. The molecule has 25 heavy (non-hydrogen) atoms. The number of hydrogen-bond acceptors (Lipinski definition) is 4. The van der Waals surface area contributed by atoms with E-state index in [4.69, 9.17) is 9.84 Å². The summed E-state index contributed by atoms with van der Waals surface area (Å²) < 4.78 is 5.63. The number of benzene rings is 1. The van der Waals surface area contributed by atoms with Crippen LogP contribution in [0, 0.1) is 5.92 Å². The number of rotatable bonds is 8. The molecule has 0 saturated carbocycles. The van der Waals surface area contributed by atoms with E-state index in [-0.39, 0.29) is 11.8 Å². The molecule has 6 nitrogen and oxygen atoms in total. The molecule has 0 aromatic heterocycles. The highest BCUT2D eigenvalue weighted by molar-refractivity contribution is 5.78. The van der Waals surface area contributed by atoms with Gasteiger partial charge in [0, 0.05) is 0 Å². The highest BCUT2D eigenvalue weighted by Crippen LogP contribution is 2.18. The third kappa shape index (κ3) is 6.38. The third-order valence-electron chi connectivity index (χ3n) is 4.54. The van der Waals surface area contributed by atoms with Crippen LogP contribution >= 0.6 is 0 Å². The van der Waals surface area contributed by atoms with Gasteiger partial charge < -0.3 is 15.2 Å². The van der Waals surface area contributed by atoms with Crippen LogP contribution in [0.25, 0.3) is 0 Å². The van der Waals surface area contributed by atoms with E-state index in [1.165, 1.54) is 5.56 Å². The lowest BCUT2D eigenvalue weighted by molar-refractivity contribution is -0.143. The van der Waals surface area contributed by atoms with Gasteiger partial charge in [-0.1, -0.05) is 26.0 Å². The Morgan fingerprint density at radius 3 is 2.44 bits per heavy atom. The van der Waals surface area contributed by atoms with Crippen molar-refractivity contribution in [3.8, 4) is 5.75 Å². The number of hydrogen-bond donors (Lipinski definition) is 2. The maximum absolute atomic E-state index is 11.9. The average molecular weight is 348 g/mol. The van der Waals surface area contributed by atoms with E-state index in [9.17, 15) is 9.59 Å². The molecular formula is C19H28N2O4. The van der Waals surface area contributed by atoms with Crippen molar-refractivity contribution in [3.63, 3.8) is 0 Å². The molecule has 1 aliphatic rings. The Morgan fingerprint density at radius 1 is 1.24 bits per heavy atom. The summed E-state index contributed by atoms with van der Waals surface area (Å²) in [6.07, 6.45) is 1.22. The lowest BCUT2D eigenvalue weighted by atomic mass is 9.97. The summed E-state index contributed by atoms with van der Waals surface area (Å²) in [6, 6.07) is 8.01. The van der Waals surface area contributed by atoms with Gasteiger partial charge in [-0.25, -0.2) is 0 Å². The van der Waals surface area contributed by atoms with E-state index >= 15 is 0 Å². The van der Waals surface area contributed by atoms with E-state index in [2.05, 4.69) is 31.3 Å². The molecule has 1 saturated heterocycles. The fourth-order valence-corrected chi connectivity index (χ4v) is 2.91. The van der Waals surface area contributed by atoms with Gasteiger partial charge in [0.25, 0.3) is 0 Å². The third-order valence-corrected chi connectivity index (χ3v) is 4.54. The minimum absolute atomic E-state index is 0.0486. The second-order valence-corrected chi connectivity index (χ2v) is 6.81. The smallest absolute Gasteiger partial charge is 0.306 e. The molecule has 0 bridgehead atoms. The zero-order chi connectivity index (χ0) is 18.2. The van der Waals surface area contributed by atoms with Crippen molar-refractivity contribution in [1.29, 1.82) is 0 Å². The number of carboxylic acids is 1. The van der Waals surface area contributed by atoms with Gasteiger partial charge in [-0.3, -0.25) is 14.5 Å². The van der Waals surface area contributed by atoms with Gasteiger partial charge in [0.2, 0.25) is 5.91 Å². The molecule has 0 radical (unpaired) electrons. The molecule has 6 heteroatoms. The zero-order valence-corrected chi connectivity index (χ0v) is 15.0. The van der Waals surface area contributed by atoms with E-state index in [1.807, 2.05) is 17.0 Å². The number of ether oxygens (including phenoxy) is 1. The van der Waals surface area contributed by atoms with Gasteiger partial charge in [0.15, 0.2) is 0 Å². The molecule has 1 heterocycles. The number of amides is 1. The Bertz CT molecular complexity index is 563. The van der Waals surface area contributed by atoms with Gasteiger partial charge in [-0.15, -0.1) is 0 Å². The first-order valence-corrected chi connectivity index (χ1v) is 8.90. The van der Waals surface area contributed by atoms with Gasteiger partial charge in [0.05, 0.1) is 19.0 Å². The molecule has 2 N–H and O–H groups in total. The lowest BCUT2D eigenvalue weighted by Crippen LogP contribution is -2.43. The van der Waals surface area contributed by atoms with Crippen LogP contribution in [0.1, 0.15) is 38.2 Å². The predicted octanol–water partition coefficient (Wildman–Crippen LogP) is 2.10. The van der Waals surface area contributed by atoms with Crippen molar-refractivity contribution < 1.29 is 19.4 Å². The second-order valence-electron chi connectivity index (χ2n) is 6.81. The predicted molar refractivity (Wildman–Crippen MR) is 95.8 cm³/mol. The molecule has 1 aromatic carbocycles. The molecule has 1 amide bonds. The number of carbonyl (C=O) groups is 2. The zero-order valence-electron chi connectivity index (χ0n) is 15.0. The maximum atomic E-state index is 11.9. The first-order valence-electron chi connectivity index (χ1n) is 8.90. The number of nitrogens with one attached hydrogen (secondary N) is 1. The van der Waals surface area contributed by atoms with Crippen molar-refractivity contribution >= 4 is 11.9 Å². The average Bonchev–Trinajstić information content (AvgIpc) is 2.59. The molecule has 1 aliphatic heterocycles. The first kappa shape index (κ1) is 19.2. The summed E-state index contributed by atoms with van der Waals surface area (Å²) in [5.74, 6) is 0.244. The van der Waals surface area contributed by atoms with Crippen LogP contribution in [-0.4, -0.2) is 54.7 Å². The number of piperidine rings is 1. The second kappa shape index (κ2) is 9.42. The number of likely N-dealkylation sites (tertiary alicyclic amines) is 1. The van der Waals surface area contributed by atoms with Crippen LogP contribution < -0.4 is 10.1 Å². The monoisotopic (exact) mass is 348 g/mol. The highest BCUT2D eigenvalue weighted by atomic mass is 16.5. The Hall–Kier alpha value is -2.08. The number of carbonyl (C=O) groups excluding carboxylic acids is 1. The molecule has 0 aliphatic carbocycles. The molecule has 2 rings (SSSR count). The Labute approximate surface area is 149 Å². The van der Waals surface area contributed by atoms with Crippen LogP contribution in [-0.2, 0) is 9.59 Å². The molecule has 0 atom stereocenters. The summed E-state index contributed by atoms with van der Waals surface area (Å²) in [5.41, 5.74) is 1.27. The number of carboxylic acid groups (broad SMARTS) is 1. The van der Waals surface area contributed by atoms with Crippen LogP contribution in [0.15, 0.2) is 24.3 Å². The Morgan fingerprint density at radius 2 is 1.88 bits per heavy atom. The van der Waals surface area contributed by atoms with Crippen molar-refractivity contribution in [3.05, 3.63) is 29.8 Å². The molecule has 138 valence electrons. The quantitative estimate of drug-likeness (QED) is 0.704. The molecule has 0 spiro atoms. The van der Waals surface area contributed by atoms with Crippen molar-refractivity contribution in [2.45, 2.75) is 32.6 Å². The van der Waals surface area contributed by atoms with Crippen molar-refractivity contribution in [1.82, 2.24) is 10.2 Å². The summed E-state index contributed by atoms with van der Waals surface area (Å²) >= 11 is 0. The fourth-order valence-electron chi connectivity index (χ4n) is 2.91. The fraction of sp³-hybridized carbons (Fsp3) is 0.579. The summed E-state index contributed by atoms with van der Waals surface area (Å²) in [5, 5.41) is 11.8. The van der Waals surface area contributed by atoms with E-state index < -0.39 is 5.97 Å². The van der Waals surface area contributed by atoms with E-state index in [0.717, 1.165) is 5.75 Å². The van der Waals surface area contributed by atoms with Crippen LogP contribution in [0.2, 0.25) is 0 Å². The Kier molecular flexibility index (Phi) is 7.25. The van der Waals surface area contributed by atoms with E-state index in [1.54, 1.807) is 0 Å². The first-order chi connectivity index (χ1) is 12.0. The van der Waals surface area contributed by atoms with Gasteiger partial charge >= 0.3 is 5.97 Å². The summed E-state index contributed by atoms with van der Waals surface area (Å²) in [6.45, 7) is 6.80. The molecular weight excluding hydrogens is 320 g/mol. The lowest BCUT2D eigenvalue weighted by Gasteiger charge is -2.29. The molecule has 1 aromatic rings. The normalized spacial score (nSPS) is 16.0. The largest absolute Gasteiger partial charge is 0.492 e. The minimum Gasteiger partial charge on any atom is -0.492 e. The SMILES string of the molecule is CC(C)c1ccc(OCCNC(=O)CN2CCC(C(=O)O)CC2)cc1. The van der Waals surface area contributed by atoms with Crippen molar-refractivity contribution in [2.24, 2.45) is 5.92 Å². The van der Waals surface area contributed by atoms with E-state index in [0.29, 0.717) is 51.5 Å².